The van der Waals surface area contributed by atoms with E-state index in [1.807, 2.05) is 31.6 Å². The molecule has 1 rings (SSSR count). The Hall–Kier alpha value is -0.870. The molecule has 0 radical (unpaired) electrons. The molecule has 1 aromatic heterocycles. The molecule has 0 spiro atoms. The number of nitrogens with zero attached hydrogens (tertiary/aromatic N) is 2. The summed E-state index contributed by atoms with van der Waals surface area (Å²) in [7, 11) is 1.65. The van der Waals surface area contributed by atoms with Crippen LogP contribution in [0.4, 0.5) is 0 Å². The first-order valence-electron chi connectivity index (χ1n) is 5.89. The molecule has 1 N–H and O–H groups in total. The minimum Gasteiger partial charge on any atom is -0.385 e. The second-order valence-corrected chi connectivity index (χ2v) is 4.01. The molecule has 0 aliphatic carbocycles. The number of rotatable bonds is 6. The Kier molecular flexibility index (Phi) is 4.50. The predicted octanol–water partition coefficient (Wildman–Crippen LogP) is 2.14. The number of methoxy groups -OCH3 is 1. The fraction of sp³-hybridized carbons (Fsp3) is 0.750. The molecule has 0 saturated heterocycles. The first-order valence-corrected chi connectivity index (χ1v) is 5.89. The number of hydrogen-bond acceptors (Lipinski definition) is 3. The maximum Gasteiger partial charge on any atom is 0.111 e. The van der Waals surface area contributed by atoms with Gasteiger partial charge in [-0.25, -0.2) is 0 Å². The van der Waals surface area contributed by atoms with Gasteiger partial charge in [-0.3, -0.25) is 4.68 Å². The van der Waals surface area contributed by atoms with Crippen molar-refractivity contribution in [1.82, 2.24) is 9.78 Å². The SMILES string of the molecule is CCn1cc(C(O)C(CC)(CC)OC)cn1. The molecule has 1 aromatic rings. The van der Waals surface area contributed by atoms with Gasteiger partial charge in [-0.15, -0.1) is 0 Å². The van der Waals surface area contributed by atoms with Crippen LogP contribution < -0.4 is 0 Å². The summed E-state index contributed by atoms with van der Waals surface area (Å²) in [5.74, 6) is 0. The van der Waals surface area contributed by atoms with Crippen molar-refractivity contribution < 1.29 is 9.84 Å². The van der Waals surface area contributed by atoms with Gasteiger partial charge in [0.05, 0.1) is 11.8 Å². The standard InChI is InChI=1S/C12H22N2O2/c1-5-12(6-2,16-4)11(15)10-8-13-14(7-3)9-10/h8-9,11,15H,5-7H2,1-4H3. The van der Waals surface area contributed by atoms with E-state index in [4.69, 9.17) is 4.74 Å². The van der Waals surface area contributed by atoms with E-state index in [-0.39, 0.29) is 0 Å². The van der Waals surface area contributed by atoms with Crippen molar-refractivity contribution in [3.05, 3.63) is 18.0 Å². The molecular weight excluding hydrogens is 204 g/mol. The largest absolute Gasteiger partial charge is 0.385 e. The van der Waals surface area contributed by atoms with E-state index in [0.717, 1.165) is 24.9 Å². The summed E-state index contributed by atoms with van der Waals surface area (Å²) in [6.45, 7) is 6.89. The highest BCUT2D eigenvalue weighted by molar-refractivity contribution is 5.13. The number of ether oxygens (including phenoxy) is 1. The molecule has 1 atom stereocenters. The van der Waals surface area contributed by atoms with Gasteiger partial charge in [0.15, 0.2) is 0 Å². The van der Waals surface area contributed by atoms with Crippen molar-refractivity contribution in [3.8, 4) is 0 Å². The van der Waals surface area contributed by atoms with Gasteiger partial charge in [0, 0.05) is 25.4 Å². The fourth-order valence-electron chi connectivity index (χ4n) is 2.03. The molecule has 0 aliphatic heterocycles. The maximum absolute atomic E-state index is 10.4. The first kappa shape index (κ1) is 13.2. The molecular formula is C12H22N2O2. The van der Waals surface area contributed by atoms with E-state index < -0.39 is 11.7 Å². The zero-order chi connectivity index (χ0) is 12.2. The summed E-state index contributed by atoms with van der Waals surface area (Å²) in [6, 6.07) is 0. The fourth-order valence-corrected chi connectivity index (χ4v) is 2.03. The van der Waals surface area contributed by atoms with Crippen molar-refractivity contribution in [2.75, 3.05) is 7.11 Å². The van der Waals surface area contributed by atoms with Crippen molar-refractivity contribution in [3.63, 3.8) is 0 Å². The Bertz CT molecular complexity index is 310. The van der Waals surface area contributed by atoms with Crippen molar-refractivity contribution >= 4 is 0 Å². The average Bonchev–Trinajstić information content (AvgIpc) is 2.80. The van der Waals surface area contributed by atoms with E-state index in [2.05, 4.69) is 5.10 Å². The molecule has 16 heavy (non-hydrogen) atoms. The Morgan fingerprint density at radius 3 is 2.44 bits per heavy atom. The van der Waals surface area contributed by atoms with Gasteiger partial charge in [0.2, 0.25) is 0 Å². The lowest BCUT2D eigenvalue weighted by Gasteiger charge is -2.34. The lowest BCUT2D eigenvalue weighted by atomic mass is 9.87. The minimum atomic E-state index is -0.618. The lowest BCUT2D eigenvalue weighted by Crippen LogP contribution is -2.37. The molecule has 0 amide bonds. The van der Waals surface area contributed by atoms with E-state index in [1.54, 1.807) is 13.3 Å². The highest BCUT2D eigenvalue weighted by Crippen LogP contribution is 2.34. The minimum absolute atomic E-state index is 0.498. The second kappa shape index (κ2) is 5.46. The zero-order valence-electron chi connectivity index (χ0n) is 10.6. The van der Waals surface area contributed by atoms with Gasteiger partial charge in [-0.05, 0) is 19.8 Å². The lowest BCUT2D eigenvalue weighted by molar-refractivity contribution is -0.109. The van der Waals surface area contributed by atoms with Crippen LogP contribution in [0.15, 0.2) is 12.4 Å². The van der Waals surface area contributed by atoms with Gasteiger partial charge in [0.25, 0.3) is 0 Å². The van der Waals surface area contributed by atoms with E-state index in [9.17, 15) is 5.11 Å². The maximum atomic E-state index is 10.4. The molecule has 1 unspecified atom stereocenters. The summed E-state index contributed by atoms with van der Waals surface area (Å²) in [6.07, 6.45) is 4.53. The third-order valence-corrected chi connectivity index (χ3v) is 3.39. The molecule has 0 aliphatic rings. The Morgan fingerprint density at radius 2 is 2.06 bits per heavy atom. The van der Waals surface area contributed by atoms with E-state index >= 15 is 0 Å². The van der Waals surface area contributed by atoms with Crippen LogP contribution >= 0.6 is 0 Å². The summed E-state index contributed by atoms with van der Waals surface area (Å²) >= 11 is 0. The summed E-state index contributed by atoms with van der Waals surface area (Å²) < 4.78 is 7.32. The summed E-state index contributed by atoms with van der Waals surface area (Å²) in [5, 5.41) is 14.5. The molecule has 4 heteroatoms. The molecule has 0 fully saturated rings. The van der Waals surface area contributed by atoms with Crippen LogP contribution in [0.5, 0.6) is 0 Å². The summed E-state index contributed by atoms with van der Waals surface area (Å²) in [5.41, 5.74) is 0.328. The third-order valence-electron chi connectivity index (χ3n) is 3.39. The number of aryl methyl sites for hydroxylation is 1. The van der Waals surface area contributed by atoms with Crippen LogP contribution in [0.2, 0.25) is 0 Å². The van der Waals surface area contributed by atoms with Crippen LogP contribution in [0.3, 0.4) is 0 Å². The van der Waals surface area contributed by atoms with E-state index in [1.165, 1.54) is 0 Å². The highest BCUT2D eigenvalue weighted by atomic mass is 16.5. The Morgan fingerprint density at radius 1 is 1.44 bits per heavy atom. The van der Waals surface area contributed by atoms with Crippen molar-refractivity contribution in [1.29, 1.82) is 0 Å². The zero-order valence-corrected chi connectivity index (χ0v) is 10.6. The average molecular weight is 226 g/mol. The number of aliphatic hydroxyl groups is 1. The molecule has 0 saturated carbocycles. The van der Waals surface area contributed by atoms with Gasteiger partial charge in [0.1, 0.15) is 6.10 Å². The first-order chi connectivity index (χ1) is 7.63. The molecule has 4 nitrogen and oxygen atoms in total. The number of aliphatic hydroxyl groups excluding tert-OH is 1. The van der Waals surface area contributed by atoms with Crippen molar-refractivity contribution in [2.45, 2.75) is 51.9 Å². The Labute approximate surface area is 97.2 Å². The highest BCUT2D eigenvalue weighted by Gasteiger charge is 2.36. The Balaban J connectivity index is 2.93. The molecule has 92 valence electrons. The molecule has 0 bridgehead atoms. The van der Waals surface area contributed by atoms with Crippen LogP contribution in [-0.4, -0.2) is 27.6 Å². The van der Waals surface area contributed by atoms with Gasteiger partial charge in [-0.2, -0.15) is 5.10 Å². The smallest absolute Gasteiger partial charge is 0.111 e. The van der Waals surface area contributed by atoms with E-state index in [0.29, 0.717) is 0 Å². The molecule has 1 heterocycles. The van der Waals surface area contributed by atoms with Gasteiger partial charge >= 0.3 is 0 Å². The van der Waals surface area contributed by atoms with Crippen LogP contribution in [0, 0.1) is 0 Å². The predicted molar refractivity (Wildman–Crippen MR) is 63.2 cm³/mol. The van der Waals surface area contributed by atoms with Crippen molar-refractivity contribution in [2.24, 2.45) is 0 Å². The van der Waals surface area contributed by atoms with Crippen LogP contribution in [0.25, 0.3) is 0 Å². The van der Waals surface area contributed by atoms with Gasteiger partial charge < -0.3 is 9.84 Å². The third kappa shape index (κ3) is 2.28. The normalized spacial score (nSPS) is 14.1. The van der Waals surface area contributed by atoms with Gasteiger partial charge in [-0.1, -0.05) is 13.8 Å². The monoisotopic (exact) mass is 226 g/mol. The van der Waals surface area contributed by atoms with Crippen LogP contribution in [-0.2, 0) is 11.3 Å². The second-order valence-electron chi connectivity index (χ2n) is 4.01. The topological polar surface area (TPSA) is 47.3 Å². The van der Waals surface area contributed by atoms with Crippen LogP contribution in [0.1, 0.15) is 45.3 Å². The summed E-state index contributed by atoms with van der Waals surface area (Å²) in [4.78, 5) is 0. The number of hydrogen-bond donors (Lipinski definition) is 1. The molecule has 0 aromatic carbocycles. The number of aromatic nitrogens is 2. The quantitative estimate of drug-likeness (QED) is 0.808.